The third-order valence-corrected chi connectivity index (χ3v) is 3.97. The molecule has 112 valence electrons. The van der Waals surface area contributed by atoms with Crippen LogP contribution >= 0.6 is 0 Å². The summed E-state index contributed by atoms with van der Waals surface area (Å²) < 4.78 is 39.2. The minimum absolute atomic E-state index is 0.0143. The van der Waals surface area contributed by atoms with Crippen molar-refractivity contribution in [3.05, 3.63) is 30.1 Å². The second kappa shape index (κ2) is 7.35. The smallest absolute Gasteiger partial charge is 0.243 e. The molecule has 0 unspecified atom stereocenters. The maximum Gasteiger partial charge on any atom is 0.243 e. The van der Waals surface area contributed by atoms with Crippen molar-refractivity contribution in [2.45, 2.75) is 25.2 Å². The Morgan fingerprint density at radius 2 is 1.95 bits per heavy atom. The van der Waals surface area contributed by atoms with Gasteiger partial charge >= 0.3 is 0 Å². The lowest BCUT2D eigenvalue weighted by Gasteiger charge is -2.09. The molecule has 0 spiro atoms. The van der Waals surface area contributed by atoms with E-state index in [0.717, 1.165) is 6.07 Å². The van der Waals surface area contributed by atoms with Crippen molar-refractivity contribution in [3.63, 3.8) is 0 Å². The van der Waals surface area contributed by atoms with Crippen LogP contribution in [0.5, 0.6) is 0 Å². The maximum atomic E-state index is 13.4. The summed E-state index contributed by atoms with van der Waals surface area (Å²) in [7, 11) is -3.92. The summed E-state index contributed by atoms with van der Waals surface area (Å²) in [6.07, 6.45) is 0.0143. The number of hydrogen-bond acceptors (Lipinski definition) is 3. The molecule has 1 aromatic rings. The summed E-state index contributed by atoms with van der Waals surface area (Å²) in [6.45, 7) is 4.39. The molecule has 1 rings (SSSR count). The SMILES string of the molecule is CC(C)CNC(=O)CCNS(=O)(=O)c1ccccc1F. The minimum Gasteiger partial charge on any atom is -0.356 e. The molecule has 0 fully saturated rings. The summed E-state index contributed by atoms with van der Waals surface area (Å²) in [5.41, 5.74) is 0. The maximum absolute atomic E-state index is 13.4. The van der Waals surface area contributed by atoms with E-state index in [1.54, 1.807) is 0 Å². The average Bonchev–Trinajstić information content (AvgIpc) is 2.36. The van der Waals surface area contributed by atoms with E-state index in [1.165, 1.54) is 18.2 Å². The van der Waals surface area contributed by atoms with Gasteiger partial charge in [-0.3, -0.25) is 4.79 Å². The molecule has 0 aliphatic rings. The largest absolute Gasteiger partial charge is 0.356 e. The standard InChI is InChI=1S/C13H19FN2O3S/c1-10(2)9-15-13(17)7-8-16-20(18,19)12-6-4-3-5-11(12)14/h3-6,10,16H,7-9H2,1-2H3,(H,15,17). The lowest BCUT2D eigenvalue weighted by Crippen LogP contribution is -2.32. The van der Waals surface area contributed by atoms with Gasteiger partial charge in [-0.15, -0.1) is 0 Å². The number of nitrogens with one attached hydrogen (secondary N) is 2. The molecule has 1 aromatic carbocycles. The number of benzene rings is 1. The molecule has 1 amide bonds. The lowest BCUT2D eigenvalue weighted by atomic mass is 10.2. The third kappa shape index (κ3) is 5.26. The van der Waals surface area contributed by atoms with Crippen molar-refractivity contribution >= 4 is 15.9 Å². The van der Waals surface area contributed by atoms with Crippen LogP contribution in [-0.4, -0.2) is 27.4 Å². The Labute approximate surface area is 118 Å². The third-order valence-electron chi connectivity index (χ3n) is 2.48. The quantitative estimate of drug-likeness (QED) is 0.796. The predicted molar refractivity (Wildman–Crippen MR) is 74.1 cm³/mol. The molecular weight excluding hydrogens is 283 g/mol. The molecule has 0 radical (unpaired) electrons. The highest BCUT2D eigenvalue weighted by molar-refractivity contribution is 7.89. The van der Waals surface area contributed by atoms with E-state index in [0.29, 0.717) is 12.5 Å². The van der Waals surface area contributed by atoms with Gasteiger partial charge in [-0.25, -0.2) is 17.5 Å². The van der Waals surface area contributed by atoms with Crippen LogP contribution in [0.1, 0.15) is 20.3 Å². The fourth-order valence-corrected chi connectivity index (χ4v) is 2.55. The Morgan fingerprint density at radius 3 is 2.55 bits per heavy atom. The lowest BCUT2D eigenvalue weighted by molar-refractivity contribution is -0.121. The zero-order valence-corrected chi connectivity index (χ0v) is 12.3. The number of halogens is 1. The highest BCUT2D eigenvalue weighted by Crippen LogP contribution is 2.12. The van der Waals surface area contributed by atoms with E-state index >= 15 is 0 Å². The molecule has 0 saturated heterocycles. The predicted octanol–water partition coefficient (Wildman–Crippen LogP) is 1.27. The van der Waals surface area contributed by atoms with Crippen molar-refractivity contribution in [1.82, 2.24) is 10.0 Å². The van der Waals surface area contributed by atoms with E-state index in [-0.39, 0.29) is 18.9 Å². The molecule has 0 heterocycles. The number of rotatable bonds is 7. The van der Waals surface area contributed by atoms with Crippen molar-refractivity contribution in [2.24, 2.45) is 5.92 Å². The average molecular weight is 302 g/mol. The Kier molecular flexibility index (Phi) is 6.09. The number of hydrogen-bond donors (Lipinski definition) is 2. The van der Waals surface area contributed by atoms with Crippen LogP contribution in [0.4, 0.5) is 4.39 Å². The van der Waals surface area contributed by atoms with Gasteiger partial charge in [-0.05, 0) is 18.1 Å². The van der Waals surface area contributed by atoms with Crippen LogP contribution in [-0.2, 0) is 14.8 Å². The number of amides is 1. The minimum atomic E-state index is -3.92. The fourth-order valence-electron chi connectivity index (χ4n) is 1.45. The van der Waals surface area contributed by atoms with Crippen LogP contribution in [0.3, 0.4) is 0 Å². The summed E-state index contributed by atoms with van der Waals surface area (Å²) in [5.74, 6) is -0.728. The van der Waals surface area contributed by atoms with Gasteiger partial charge in [-0.2, -0.15) is 0 Å². The van der Waals surface area contributed by atoms with E-state index < -0.39 is 20.7 Å². The Hall–Kier alpha value is -1.47. The first-order valence-corrected chi connectivity index (χ1v) is 7.82. The van der Waals surface area contributed by atoms with Gasteiger partial charge < -0.3 is 5.32 Å². The highest BCUT2D eigenvalue weighted by atomic mass is 32.2. The van der Waals surface area contributed by atoms with E-state index in [9.17, 15) is 17.6 Å². The van der Waals surface area contributed by atoms with Crippen LogP contribution in [0.2, 0.25) is 0 Å². The van der Waals surface area contributed by atoms with Gasteiger partial charge in [0.2, 0.25) is 15.9 Å². The number of carbonyl (C=O) groups excluding carboxylic acids is 1. The molecule has 5 nitrogen and oxygen atoms in total. The van der Waals surface area contributed by atoms with Crippen LogP contribution in [0, 0.1) is 11.7 Å². The van der Waals surface area contributed by atoms with Gasteiger partial charge in [0.1, 0.15) is 10.7 Å². The van der Waals surface area contributed by atoms with Crippen LogP contribution in [0.25, 0.3) is 0 Å². The summed E-state index contributed by atoms with van der Waals surface area (Å²) in [5, 5.41) is 2.67. The second-order valence-electron chi connectivity index (χ2n) is 4.78. The zero-order valence-electron chi connectivity index (χ0n) is 11.5. The molecular formula is C13H19FN2O3S. The molecule has 20 heavy (non-hydrogen) atoms. The van der Waals surface area contributed by atoms with Gasteiger partial charge in [-0.1, -0.05) is 26.0 Å². The topological polar surface area (TPSA) is 75.3 Å². The Morgan fingerprint density at radius 1 is 1.30 bits per heavy atom. The van der Waals surface area contributed by atoms with Gasteiger partial charge in [0.25, 0.3) is 0 Å². The fraction of sp³-hybridized carbons (Fsp3) is 0.462. The first-order chi connectivity index (χ1) is 9.33. The zero-order chi connectivity index (χ0) is 15.2. The molecule has 0 aliphatic carbocycles. The first kappa shape index (κ1) is 16.6. The van der Waals surface area contributed by atoms with Crippen molar-refractivity contribution in [2.75, 3.05) is 13.1 Å². The summed E-state index contributed by atoms with van der Waals surface area (Å²) in [4.78, 5) is 11.0. The van der Waals surface area contributed by atoms with Crippen molar-refractivity contribution < 1.29 is 17.6 Å². The molecule has 0 aromatic heterocycles. The van der Waals surface area contributed by atoms with E-state index in [4.69, 9.17) is 0 Å². The van der Waals surface area contributed by atoms with Gasteiger partial charge in [0, 0.05) is 19.5 Å². The molecule has 2 N–H and O–H groups in total. The molecule has 7 heteroatoms. The van der Waals surface area contributed by atoms with Crippen LogP contribution in [0.15, 0.2) is 29.2 Å². The Bertz CT molecular complexity index is 558. The van der Waals surface area contributed by atoms with Crippen molar-refractivity contribution in [3.8, 4) is 0 Å². The highest BCUT2D eigenvalue weighted by Gasteiger charge is 2.18. The summed E-state index contributed by atoms with van der Waals surface area (Å²) >= 11 is 0. The summed E-state index contributed by atoms with van der Waals surface area (Å²) in [6, 6.07) is 5.10. The van der Waals surface area contributed by atoms with Gasteiger partial charge in [0.15, 0.2) is 0 Å². The molecule has 0 saturated carbocycles. The Balaban J connectivity index is 2.49. The number of carbonyl (C=O) groups is 1. The monoisotopic (exact) mass is 302 g/mol. The molecule has 0 bridgehead atoms. The normalized spacial score (nSPS) is 11.6. The first-order valence-electron chi connectivity index (χ1n) is 6.34. The van der Waals surface area contributed by atoms with E-state index in [2.05, 4.69) is 10.0 Å². The molecule has 0 aliphatic heterocycles. The van der Waals surface area contributed by atoms with Crippen LogP contribution < -0.4 is 10.0 Å². The second-order valence-corrected chi connectivity index (χ2v) is 6.51. The van der Waals surface area contributed by atoms with Gasteiger partial charge in [0.05, 0.1) is 0 Å². The van der Waals surface area contributed by atoms with Crippen molar-refractivity contribution in [1.29, 1.82) is 0 Å². The number of sulfonamides is 1. The van der Waals surface area contributed by atoms with E-state index in [1.807, 2.05) is 13.8 Å². The molecule has 0 atom stereocenters.